The Morgan fingerprint density at radius 3 is 2.44 bits per heavy atom. The smallest absolute Gasteiger partial charge is 0.0637 e. The highest BCUT2D eigenvalue weighted by molar-refractivity contribution is 6.34. The van der Waals surface area contributed by atoms with E-state index in [2.05, 4.69) is 5.32 Å². The van der Waals surface area contributed by atoms with Crippen LogP contribution in [-0.2, 0) is 6.54 Å². The molecule has 0 spiro atoms. The molecule has 0 aliphatic carbocycles. The van der Waals surface area contributed by atoms with Gasteiger partial charge in [0.1, 0.15) is 0 Å². The molecule has 94 valence electrons. The maximum atomic E-state index is 6.11. The predicted octanol–water partition coefficient (Wildman–Crippen LogP) is 5.57. The summed E-state index contributed by atoms with van der Waals surface area (Å²) in [5.74, 6) is 0. The zero-order valence-corrected chi connectivity index (χ0v) is 12.1. The number of hydrogen-bond donors (Lipinski definition) is 1. The van der Waals surface area contributed by atoms with Gasteiger partial charge < -0.3 is 5.32 Å². The Kier molecular flexibility index (Phi) is 4.39. The molecule has 0 amide bonds. The molecule has 0 fully saturated rings. The van der Waals surface area contributed by atoms with Gasteiger partial charge in [-0.15, -0.1) is 0 Å². The Hall–Kier alpha value is -0.890. The fourth-order valence-corrected chi connectivity index (χ4v) is 2.21. The van der Waals surface area contributed by atoms with Gasteiger partial charge in [0.25, 0.3) is 0 Å². The van der Waals surface area contributed by atoms with Crippen LogP contribution in [0.2, 0.25) is 15.1 Å². The van der Waals surface area contributed by atoms with E-state index in [4.69, 9.17) is 34.8 Å². The number of rotatable bonds is 3. The van der Waals surface area contributed by atoms with Gasteiger partial charge in [-0.05, 0) is 48.4 Å². The third-order valence-corrected chi connectivity index (χ3v) is 3.53. The second kappa shape index (κ2) is 5.83. The minimum Gasteiger partial charge on any atom is -0.380 e. The molecular formula is C14H12Cl3N. The second-order valence-corrected chi connectivity index (χ2v) is 5.32. The summed E-state index contributed by atoms with van der Waals surface area (Å²) in [6, 6.07) is 11.3. The number of halogens is 3. The van der Waals surface area contributed by atoms with Gasteiger partial charge in [-0.25, -0.2) is 0 Å². The van der Waals surface area contributed by atoms with Crippen LogP contribution in [0.25, 0.3) is 0 Å². The molecule has 4 heteroatoms. The Morgan fingerprint density at radius 2 is 1.67 bits per heavy atom. The minimum atomic E-state index is 0.586. The number of hydrogen-bond acceptors (Lipinski definition) is 1. The van der Waals surface area contributed by atoms with Gasteiger partial charge >= 0.3 is 0 Å². The Labute approximate surface area is 122 Å². The summed E-state index contributed by atoms with van der Waals surface area (Å²) in [6.07, 6.45) is 0. The maximum Gasteiger partial charge on any atom is 0.0637 e. The van der Waals surface area contributed by atoms with Crippen molar-refractivity contribution in [2.24, 2.45) is 0 Å². The van der Waals surface area contributed by atoms with Crippen LogP contribution in [0.5, 0.6) is 0 Å². The van der Waals surface area contributed by atoms with Crippen molar-refractivity contribution in [3.05, 3.63) is 62.6 Å². The molecular weight excluding hydrogens is 289 g/mol. The van der Waals surface area contributed by atoms with Gasteiger partial charge in [0.05, 0.1) is 10.7 Å². The van der Waals surface area contributed by atoms with Crippen molar-refractivity contribution in [3.8, 4) is 0 Å². The van der Waals surface area contributed by atoms with Gasteiger partial charge in [-0.3, -0.25) is 0 Å². The zero-order valence-electron chi connectivity index (χ0n) is 9.81. The molecule has 1 N–H and O–H groups in total. The van der Waals surface area contributed by atoms with Crippen LogP contribution in [-0.4, -0.2) is 0 Å². The maximum absolute atomic E-state index is 6.11. The summed E-state index contributed by atoms with van der Waals surface area (Å²) in [5, 5.41) is 5.32. The third kappa shape index (κ3) is 3.32. The monoisotopic (exact) mass is 299 g/mol. The number of anilines is 1. The molecule has 0 aliphatic heterocycles. The van der Waals surface area contributed by atoms with Crippen molar-refractivity contribution in [3.63, 3.8) is 0 Å². The van der Waals surface area contributed by atoms with E-state index < -0.39 is 0 Å². The van der Waals surface area contributed by atoms with Crippen LogP contribution in [0.4, 0.5) is 5.69 Å². The molecule has 0 bridgehead atoms. The first-order valence-electron chi connectivity index (χ1n) is 5.50. The molecule has 0 saturated heterocycles. The average molecular weight is 301 g/mol. The van der Waals surface area contributed by atoms with Crippen molar-refractivity contribution in [1.82, 2.24) is 0 Å². The lowest BCUT2D eigenvalue weighted by Gasteiger charge is -2.10. The van der Waals surface area contributed by atoms with E-state index in [0.717, 1.165) is 16.8 Å². The molecule has 18 heavy (non-hydrogen) atoms. The van der Waals surface area contributed by atoms with Crippen molar-refractivity contribution >= 4 is 40.5 Å². The molecule has 2 aromatic carbocycles. The average Bonchev–Trinajstić information content (AvgIpc) is 2.34. The van der Waals surface area contributed by atoms with Gasteiger partial charge in [0.2, 0.25) is 0 Å². The third-order valence-electron chi connectivity index (χ3n) is 2.60. The molecule has 1 nitrogen and oxygen atoms in total. The lowest BCUT2D eigenvalue weighted by molar-refractivity contribution is 1.15. The van der Waals surface area contributed by atoms with Gasteiger partial charge in [0.15, 0.2) is 0 Å². The van der Waals surface area contributed by atoms with E-state index in [1.807, 2.05) is 31.2 Å². The first-order chi connectivity index (χ1) is 8.56. The SMILES string of the molecule is Cc1ccc(Cl)c(NCc2cc(Cl)ccc2Cl)c1. The summed E-state index contributed by atoms with van der Waals surface area (Å²) in [4.78, 5) is 0. The van der Waals surface area contributed by atoms with Crippen LogP contribution in [0.3, 0.4) is 0 Å². The van der Waals surface area contributed by atoms with E-state index in [-0.39, 0.29) is 0 Å². The normalized spacial score (nSPS) is 10.4. The Morgan fingerprint density at radius 1 is 0.944 bits per heavy atom. The van der Waals surface area contributed by atoms with Crippen LogP contribution < -0.4 is 5.32 Å². The topological polar surface area (TPSA) is 12.0 Å². The highest BCUT2D eigenvalue weighted by atomic mass is 35.5. The van der Waals surface area contributed by atoms with E-state index in [1.54, 1.807) is 12.1 Å². The van der Waals surface area contributed by atoms with E-state index >= 15 is 0 Å². The molecule has 2 rings (SSSR count). The summed E-state index contributed by atoms with van der Waals surface area (Å²) < 4.78 is 0. The fourth-order valence-electron chi connectivity index (χ4n) is 1.64. The van der Waals surface area contributed by atoms with Crippen LogP contribution in [0, 0.1) is 6.92 Å². The summed E-state index contributed by atoms with van der Waals surface area (Å²) in [5.41, 5.74) is 2.99. The minimum absolute atomic E-state index is 0.586. The zero-order chi connectivity index (χ0) is 13.1. The predicted molar refractivity (Wildman–Crippen MR) is 80.0 cm³/mol. The molecule has 0 saturated carbocycles. The lowest BCUT2D eigenvalue weighted by Crippen LogP contribution is -2.01. The Bertz CT molecular complexity index is 515. The molecule has 0 heterocycles. The van der Waals surface area contributed by atoms with Gasteiger partial charge in [-0.2, -0.15) is 0 Å². The number of benzene rings is 2. The summed E-state index contributed by atoms with van der Waals surface area (Å²) in [7, 11) is 0. The molecule has 0 radical (unpaired) electrons. The van der Waals surface area contributed by atoms with Crippen molar-refractivity contribution in [2.45, 2.75) is 13.5 Å². The molecule has 0 aliphatic rings. The molecule has 0 aromatic heterocycles. The lowest BCUT2D eigenvalue weighted by atomic mass is 10.2. The summed E-state index contributed by atoms with van der Waals surface area (Å²) >= 11 is 18.2. The number of aryl methyl sites for hydroxylation is 1. The van der Waals surface area contributed by atoms with Gasteiger partial charge in [-0.1, -0.05) is 40.9 Å². The van der Waals surface area contributed by atoms with E-state index in [0.29, 0.717) is 21.6 Å². The Balaban J connectivity index is 2.16. The highest BCUT2D eigenvalue weighted by Crippen LogP contribution is 2.25. The molecule has 0 atom stereocenters. The largest absolute Gasteiger partial charge is 0.380 e. The fraction of sp³-hybridized carbons (Fsp3) is 0.143. The van der Waals surface area contributed by atoms with Crippen molar-refractivity contribution in [1.29, 1.82) is 0 Å². The second-order valence-electron chi connectivity index (χ2n) is 4.07. The van der Waals surface area contributed by atoms with E-state index in [1.165, 1.54) is 0 Å². The quantitative estimate of drug-likeness (QED) is 0.781. The highest BCUT2D eigenvalue weighted by Gasteiger charge is 2.04. The van der Waals surface area contributed by atoms with Gasteiger partial charge in [0, 0.05) is 16.6 Å². The molecule has 2 aromatic rings. The van der Waals surface area contributed by atoms with Crippen LogP contribution >= 0.6 is 34.8 Å². The summed E-state index contributed by atoms with van der Waals surface area (Å²) in [6.45, 7) is 2.61. The van der Waals surface area contributed by atoms with Crippen molar-refractivity contribution < 1.29 is 0 Å². The number of nitrogens with one attached hydrogen (secondary N) is 1. The van der Waals surface area contributed by atoms with Crippen LogP contribution in [0.15, 0.2) is 36.4 Å². The van der Waals surface area contributed by atoms with Crippen LogP contribution in [0.1, 0.15) is 11.1 Å². The molecule has 0 unspecified atom stereocenters. The first-order valence-corrected chi connectivity index (χ1v) is 6.63. The first kappa shape index (κ1) is 13.5. The standard InChI is InChI=1S/C14H12Cl3N/c1-9-2-4-13(17)14(6-9)18-8-10-7-11(15)3-5-12(10)16/h2-7,18H,8H2,1H3. The van der Waals surface area contributed by atoms with Crippen molar-refractivity contribution in [2.75, 3.05) is 5.32 Å². The van der Waals surface area contributed by atoms with E-state index in [9.17, 15) is 0 Å².